The van der Waals surface area contributed by atoms with Gasteiger partial charge in [0, 0.05) is 23.4 Å². The number of rotatable bonds is 2. The van der Waals surface area contributed by atoms with Crippen molar-refractivity contribution in [3.8, 4) is 0 Å². The minimum absolute atomic E-state index is 0.137. The summed E-state index contributed by atoms with van der Waals surface area (Å²) < 4.78 is 0. The second-order valence-electron chi connectivity index (χ2n) is 5.20. The lowest BCUT2D eigenvalue weighted by molar-refractivity contribution is -0.0667. The Morgan fingerprint density at radius 3 is 2.50 bits per heavy atom. The van der Waals surface area contributed by atoms with Crippen molar-refractivity contribution < 1.29 is 9.90 Å². The lowest BCUT2D eigenvalue weighted by Crippen LogP contribution is -2.48. The summed E-state index contributed by atoms with van der Waals surface area (Å²) >= 11 is 0. The minimum atomic E-state index is -1.50. The van der Waals surface area contributed by atoms with Gasteiger partial charge in [0.1, 0.15) is 0 Å². The van der Waals surface area contributed by atoms with Gasteiger partial charge in [0.25, 0.3) is 5.91 Å². The summed E-state index contributed by atoms with van der Waals surface area (Å²) in [6, 6.07) is 12.4. The van der Waals surface area contributed by atoms with Crippen LogP contribution in [0.2, 0.25) is 0 Å². The van der Waals surface area contributed by atoms with Crippen molar-refractivity contribution in [2.75, 3.05) is 0 Å². The lowest BCUT2D eigenvalue weighted by Gasteiger charge is -2.36. The zero-order valence-corrected chi connectivity index (χ0v) is 11.4. The van der Waals surface area contributed by atoms with Gasteiger partial charge in [-0.2, -0.15) is 0 Å². The molecule has 0 saturated heterocycles. The highest BCUT2D eigenvalue weighted by Gasteiger charge is 2.51. The van der Waals surface area contributed by atoms with Crippen LogP contribution in [0, 0.1) is 0 Å². The summed E-state index contributed by atoms with van der Waals surface area (Å²) in [6.45, 7) is 3.77. The van der Waals surface area contributed by atoms with E-state index in [-0.39, 0.29) is 11.9 Å². The molecule has 4 heteroatoms. The number of amides is 1. The fourth-order valence-corrected chi connectivity index (χ4v) is 2.82. The summed E-state index contributed by atoms with van der Waals surface area (Å²) in [5, 5.41) is 11.3. The van der Waals surface area contributed by atoms with E-state index in [4.69, 9.17) is 0 Å². The molecule has 102 valence electrons. The number of hydrogen-bond donors (Lipinski definition) is 1. The van der Waals surface area contributed by atoms with Crippen molar-refractivity contribution >= 4 is 5.91 Å². The Bertz CT molecular complexity index is 655. The molecule has 0 saturated carbocycles. The maximum Gasteiger partial charge on any atom is 0.257 e. The number of carbonyl (C=O) groups is 1. The van der Waals surface area contributed by atoms with Crippen LogP contribution in [0.25, 0.3) is 0 Å². The van der Waals surface area contributed by atoms with Gasteiger partial charge in [-0.1, -0.05) is 24.3 Å². The number of aromatic nitrogens is 1. The first-order valence-corrected chi connectivity index (χ1v) is 6.64. The van der Waals surface area contributed by atoms with E-state index < -0.39 is 5.72 Å². The minimum Gasteiger partial charge on any atom is -0.362 e. The summed E-state index contributed by atoms with van der Waals surface area (Å²) in [6.07, 6.45) is 1.62. The van der Waals surface area contributed by atoms with Crippen molar-refractivity contribution in [3.05, 3.63) is 65.5 Å². The van der Waals surface area contributed by atoms with Crippen LogP contribution in [0.4, 0.5) is 0 Å². The van der Waals surface area contributed by atoms with E-state index in [1.54, 1.807) is 36.5 Å². The number of pyridine rings is 1. The molecule has 1 aromatic heterocycles. The van der Waals surface area contributed by atoms with E-state index in [2.05, 4.69) is 4.98 Å². The van der Waals surface area contributed by atoms with Crippen LogP contribution < -0.4 is 0 Å². The monoisotopic (exact) mass is 268 g/mol. The summed E-state index contributed by atoms with van der Waals surface area (Å²) in [4.78, 5) is 18.3. The highest BCUT2D eigenvalue weighted by Crippen LogP contribution is 2.42. The molecule has 1 N–H and O–H groups in total. The van der Waals surface area contributed by atoms with Crippen LogP contribution in [0.5, 0.6) is 0 Å². The Kier molecular flexibility index (Phi) is 2.83. The van der Waals surface area contributed by atoms with Gasteiger partial charge in [-0.25, -0.2) is 0 Å². The first-order chi connectivity index (χ1) is 9.56. The number of hydrogen-bond acceptors (Lipinski definition) is 3. The van der Waals surface area contributed by atoms with Crippen LogP contribution >= 0.6 is 0 Å². The Morgan fingerprint density at radius 1 is 1.15 bits per heavy atom. The zero-order chi connectivity index (χ0) is 14.3. The average Bonchev–Trinajstić information content (AvgIpc) is 2.70. The Labute approximate surface area is 117 Å². The molecule has 1 amide bonds. The number of aliphatic hydroxyl groups is 1. The highest BCUT2D eigenvalue weighted by molar-refractivity contribution is 6.00. The van der Waals surface area contributed by atoms with Gasteiger partial charge < -0.3 is 5.11 Å². The van der Waals surface area contributed by atoms with Gasteiger partial charge in [-0.05, 0) is 32.0 Å². The number of carbonyl (C=O) groups excluding carboxylic acids is 1. The van der Waals surface area contributed by atoms with Crippen LogP contribution in [0.15, 0.2) is 48.7 Å². The molecule has 1 aliphatic heterocycles. The van der Waals surface area contributed by atoms with Gasteiger partial charge in [-0.3, -0.25) is 14.7 Å². The van der Waals surface area contributed by atoms with Crippen molar-refractivity contribution in [3.63, 3.8) is 0 Å². The van der Waals surface area contributed by atoms with Gasteiger partial charge in [-0.15, -0.1) is 0 Å². The largest absolute Gasteiger partial charge is 0.362 e. The molecule has 0 radical (unpaired) electrons. The standard InChI is InChI=1S/C16H16N2O2/c1-11(2)18-15(19)12-7-3-4-8-13(12)16(18,20)14-9-5-6-10-17-14/h3-11,20H,1-2H3/t16-/m1/s1. The molecule has 0 aliphatic carbocycles. The third-order valence-electron chi connectivity index (χ3n) is 3.64. The zero-order valence-electron chi connectivity index (χ0n) is 11.4. The predicted octanol–water partition coefficient (Wildman–Crippen LogP) is 2.14. The Balaban J connectivity index is 2.28. The van der Waals surface area contributed by atoms with Crippen molar-refractivity contribution in [2.24, 2.45) is 0 Å². The van der Waals surface area contributed by atoms with Crippen LogP contribution in [0.1, 0.15) is 35.5 Å². The second-order valence-corrected chi connectivity index (χ2v) is 5.20. The van der Waals surface area contributed by atoms with E-state index in [9.17, 15) is 9.90 Å². The third-order valence-corrected chi connectivity index (χ3v) is 3.64. The van der Waals surface area contributed by atoms with E-state index in [1.807, 2.05) is 26.0 Å². The number of benzene rings is 1. The molecule has 2 aromatic rings. The molecule has 0 bridgehead atoms. The molecule has 1 aromatic carbocycles. The topological polar surface area (TPSA) is 53.4 Å². The molecular formula is C16H16N2O2. The molecule has 0 unspecified atom stereocenters. The van der Waals surface area contributed by atoms with Gasteiger partial charge >= 0.3 is 0 Å². The second kappa shape index (κ2) is 4.42. The molecule has 3 rings (SSSR count). The molecule has 4 nitrogen and oxygen atoms in total. The molecule has 1 aliphatic rings. The summed E-state index contributed by atoms with van der Waals surface area (Å²) in [7, 11) is 0. The first-order valence-electron chi connectivity index (χ1n) is 6.64. The molecular weight excluding hydrogens is 252 g/mol. The van der Waals surface area contributed by atoms with E-state index in [0.717, 1.165) is 0 Å². The smallest absolute Gasteiger partial charge is 0.257 e. The van der Waals surface area contributed by atoms with Crippen molar-refractivity contribution in [2.45, 2.75) is 25.6 Å². The SMILES string of the molecule is CC(C)N1C(=O)c2ccccc2[C@@]1(O)c1ccccn1. The lowest BCUT2D eigenvalue weighted by atomic mass is 9.97. The number of nitrogens with zero attached hydrogens (tertiary/aromatic N) is 2. The van der Waals surface area contributed by atoms with Crippen LogP contribution in [-0.4, -0.2) is 26.9 Å². The molecule has 0 fully saturated rings. The summed E-state index contributed by atoms with van der Waals surface area (Å²) in [5.41, 5.74) is 0.0991. The Morgan fingerprint density at radius 2 is 1.85 bits per heavy atom. The van der Waals surface area contributed by atoms with E-state index >= 15 is 0 Å². The van der Waals surface area contributed by atoms with Gasteiger partial charge in [0.05, 0.1) is 5.69 Å². The normalized spacial score (nSPS) is 21.4. The van der Waals surface area contributed by atoms with Gasteiger partial charge in [0.2, 0.25) is 5.72 Å². The van der Waals surface area contributed by atoms with E-state index in [0.29, 0.717) is 16.8 Å². The molecule has 20 heavy (non-hydrogen) atoms. The highest BCUT2D eigenvalue weighted by atomic mass is 16.3. The first kappa shape index (κ1) is 12.8. The Hall–Kier alpha value is -2.20. The van der Waals surface area contributed by atoms with Crippen molar-refractivity contribution in [1.29, 1.82) is 0 Å². The van der Waals surface area contributed by atoms with Crippen LogP contribution in [0.3, 0.4) is 0 Å². The average molecular weight is 268 g/mol. The molecule has 2 heterocycles. The summed E-state index contributed by atoms with van der Waals surface area (Å²) in [5.74, 6) is -0.163. The van der Waals surface area contributed by atoms with Gasteiger partial charge in [0.15, 0.2) is 0 Å². The van der Waals surface area contributed by atoms with E-state index in [1.165, 1.54) is 4.90 Å². The fraction of sp³-hybridized carbons (Fsp3) is 0.250. The molecule has 1 atom stereocenters. The van der Waals surface area contributed by atoms with Crippen LogP contribution in [-0.2, 0) is 5.72 Å². The maximum atomic E-state index is 12.6. The third kappa shape index (κ3) is 1.58. The predicted molar refractivity (Wildman–Crippen MR) is 75.0 cm³/mol. The number of fused-ring (bicyclic) bond motifs is 1. The molecule has 0 spiro atoms. The maximum absolute atomic E-state index is 12.6. The quantitative estimate of drug-likeness (QED) is 0.908. The fourth-order valence-electron chi connectivity index (χ4n) is 2.82. The van der Waals surface area contributed by atoms with Crippen molar-refractivity contribution in [1.82, 2.24) is 9.88 Å².